The standard InChI is InChI=1S/C22H29FN2O3S.C5H11NO/c1-6-12(2)10-17(29)19-18(21(27)20(26)14(4)25(19)5)22(28)24-11-15-8-7-13(3)9-16(15)23;1-3-6(4-2)5-7/h7-9,12,17,26,29H,6,10-11H2,1-5H3,(H,24,28);5H,3-4H2,1-2H3. The summed E-state index contributed by atoms with van der Waals surface area (Å²) in [6.45, 7) is 13.0. The molecule has 2 unspecified atom stereocenters. The lowest BCUT2D eigenvalue weighted by Gasteiger charge is -2.23. The summed E-state index contributed by atoms with van der Waals surface area (Å²) < 4.78 is 15.7. The number of aryl methyl sites for hydroxylation is 1. The molecule has 0 radical (unpaired) electrons. The first-order chi connectivity index (χ1) is 16.9. The van der Waals surface area contributed by atoms with Gasteiger partial charge < -0.3 is 19.9 Å². The third kappa shape index (κ3) is 8.11. The van der Waals surface area contributed by atoms with E-state index in [2.05, 4.69) is 31.8 Å². The predicted octanol–water partition coefficient (Wildman–Crippen LogP) is 4.67. The number of hydrogen-bond donors (Lipinski definition) is 3. The Balaban J connectivity index is 0.000000809. The van der Waals surface area contributed by atoms with Crippen LogP contribution < -0.4 is 10.7 Å². The maximum atomic E-state index is 14.1. The summed E-state index contributed by atoms with van der Waals surface area (Å²) in [6.07, 6.45) is 2.47. The topological polar surface area (TPSA) is 91.6 Å². The molecule has 9 heteroatoms. The Kier molecular flexibility index (Phi) is 12.7. The molecule has 2 aromatic rings. The van der Waals surface area contributed by atoms with Gasteiger partial charge in [-0.15, -0.1) is 0 Å². The molecular formula is C27H40FN3O4S. The minimum atomic E-state index is -0.735. The van der Waals surface area contributed by atoms with Gasteiger partial charge in [-0.05, 0) is 51.7 Å². The van der Waals surface area contributed by atoms with Crippen LogP contribution in [0.3, 0.4) is 0 Å². The number of amides is 2. The molecule has 2 N–H and O–H groups in total. The van der Waals surface area contributed by atoms with Crippen LogP contribution in [0.4, 0.5) is 4.39 Å². The maximum Gasteiger partial charge on any atom is 0.257 e. The molecule has 0 fully saturated rings. The number of nitrogens with one attached hydrogen (secondary N) is 1. The summed E-state index contributed by atoms with van der Waals surface area (Å²) in [6, 6.07) is 4.74. The lowest BCUT2D eigenvalue weighted by Crippen LogP contribution is -2.33. The zero-order chi connectivity index (χ0) is 27.6. The lowest BCUT2D eigenvalue weighted by atomic mass is 9.97. The maximum absolute atomic E-state index is 14.1. The highest BCUT2D eigenvalue weighted by atomic mass is 32.1. The Hall–Kier alpha value is -2.81. The molecule has 2 rings (SSSR count). The van der Waals surface area contributed by atoms with Crippen molar-refractivity contribution in [2.45, 2.75) is 66.2 Å². The second kappa shape index (κ2) is 14.7. The largest absolute Gasteiger partial charge is 0.503 e. The van der Waals surface area contributed by atoms with Crippen molar-refractivity contribution in [3.63, 3.8) is 0 Å². The van der Waals surface area contributed by atoms with E-state index >= 15 is 0 Å². The average Bonchev–Trinajstić information content (AvgIpc) is 2.85. The van der Waals surface area contributed by atoms with Gasteiger partial charge in [-0.2, -0.15) is 12.6 Å². The highest BCUT2D eigenvalue weighted by molar-refractivity contribution is 7.80. The molecule has 0 aliphatic rings. The zero-order valence-electron chi connectivity index (χ0n) is 22.4. The van der Waals surface area contributed by atoms with Crippen LogP contribution >= 0.6 is 12.6 Å². The number of thiol groups is 1. The van der Waals surface area contributed by atoms with E-state index in [1.165, 1.54) is 6.07 Å². The molecule has 0 bridgehead atoms. The number of benzene rings is 1. The Morgan fingerprint density at radius 1 is 1.25 bits per heavy atom. The highest BCUT2D eigenvalue weighted by Crippen LogP contribution is 2.32. The van der Waals surface area contributed by atoms with Crippen LogP contribution in [0.2, 0.25) is 0 Å². The normalized spacial score (nSPS) is 12.2. The summed E-state index contributed by atoms with van der Waals surface area (Å²) in [4.78, 5) is 37.3. The van der Waals surface area contributed by atoms with E-state index < -0.39 is 22.9 Å². The van der Waals surface area contributed by atoms with Crippen LogP contribution in [0.25, 0.3) is 0 Å². The summed E-state index contributed by atoms with van der Waals surface area (Å²) in [5.74, 6) is -1.20. The fourth-order valence-electron chi connectivity index (χ4n) is 3.61. The van der Waals surface area contributed by atoms with Gasteiger partial charge in [0.15, 0.2) is 5.75 Å². The SMILES string of the molecule is CCC(C)CC(S)c1c(C(=O)NCc2ccc(C)cc2F)c(=O)c(O)c(C)n1C.CCN(C=O)CC. The number of pyridine rings is 1. The van der Waals surface area contributed by atoms with Gasteiger partial charge in [0.25, 0.3) is 5.91 Å². The van der Waals surface area contributed by atoms with E-state index in [0.29, 0.717) is 29.3 Å². The summed E-state index contributed by atoms with van der Waals surface area (Å²) in [5, 5.41) is 12.5. The third-order valence-electron chi connectivity index (χ3n) is 6.38. The second-order valence-corrected chi connectivity index (χ2v) is 9.57. The summed E-state index contributed by atoms with van der Waals surface area (Å²) >= 11 is 4.66. The van der Waals surface area contributed by atoms with E-state index in [-0.39, 0.29) is 17.4 Å². The van der Waals surface area contributed by atoms with E-state index in [4.69, 9.17) is 0 Å². The first-order valence-electron chi connectivity index (χ1n) is 12.3. The van der Waals surface area contributed by atoms with Crippen LogP contribution in [-0.4, -0.2) is 40.0 Å². The summed E-state index contributed by atoms with van der Waals surface area (Å²) in [5.41, 5.74) is 1.04. The number of halogens is 1. The Bertz CT molecular complexity index is 1100. The fraction of sp³-hybridized carbons (Fsp3) is 0.519. The van der Waals surface area contributed by atoms with Gasteiger partial charge in [0.2, 0.25) is 11.8 Å². The smallest absolute Gasteiger partial charge is 0.257 e. The lowest BCUT2D eigenvalue weighted by molar-refractivity contribution is -0.117. The minimum absolute atomic E-state index is 0.0647. The molecule has 0 saturated carbocycles. The van der Waals surface area contributed by atoms with Crippen LogP contribution in [0.5, 0.6) is 5.75 Å². The molecule has 200 valence electrons. The molecule has 0 saturated heterocycles. The van der Waals surface area contributed by atoms with Gasteiger partial charge in [-0.1, -0.05) is 32.4 Å². The van der Waals surface area contributed by atoms with E-state index in [0.717, 1.165) is 31.5 Å². The third-order valence-corrected chi connectivity index (χ3v) is 6.84. The van der Waals surface area contributed by atoms with Crippen LogP contribution in [-0.2, 0) is 18.4 Å². The molecule has 0 aliphatic heterocycles. The number of carbonyl (C=O) groups is 2. The van der Waals surface area contributed by atoms with Crippen molar-refractivity contribution < 1.29 is 19.1 Å². The van der Waals surface area contributed by atoms with Crippen LogP contribution in [0.1, 0.15) is 78.7 Å². The molecule has 2 amide bonds. The quantitative estimate of drug-likeness (QED) is 0.313. The van der Waals surface area contributed by atoms with E-state index in [1.807, 2.05) is 13.8 Å². The number of hydrogen-bond acceptors (Lipinski definition) is 5. The Morgan fingerprint density at radius 3 is 2.33 bits per heavy atom. The fourth-order valence-corrected chi connectivity index (χ4v) is 4.27. The van der Waals surface area contributed by atoms with Gasteiger partial charge in [-0.25, -0.2) is 4.39 Å². The van der Waals surface area contributed by atoms with E-state index in [1.54, 1.807) is 42.5 Å². The van der Waals surface area contributed by atoms with Crippen molar-refractivity contribution in [2.75, 3.05) is 13.1 Å². The van der Waals surface area contributed by atoms with Crippen LogP contribution in [0.15, 0.2) is 23.0 Å². The average molecular weight is 522 g/mol. The van der Waals surface area contributed by atoms with Crippen molar-refractivity contribution in [1.82, 2.24) is 14.8 Å². The van der Waals surface area contributed by atoms with Crippen molar-refractivity contribution in [3.8, 4) is 5.75 Å². The molecule has 7 nitrogen and oxygen atoms in total. The predicted molar refractivity (Wildman–Crippen MR) is 145 cm³/mol. The molecular weight excluding hydrogens is 481 g/mol. The van der Waals surface area contributed by atoms with Gasteiger partial charge in [0.1, 0.15) is 11.4 Å². The molecule has 1 aromatic heterocycles. The Morgan fingerprint density at radius 2 is 1.86 bits per heavy atom. The monoisotopic (exact) mass is 521 g/mol. The second-order valence-electron chi connectivity index (χ2n) is 8.95. The summed E-state index contributed by atoms with van der Waals surface area (Å²) in [7, 11) is 1.69. The minimum Gasteiger partial charge on any atom is -0.503 e. The first-order valence-corrected chi connectivity index (χ1v) is 12.8. The first kappa shape index (κ1) is 31.2. The van der Waals surface area contributed by atoms with Gasteiger partial charge in [-0.3, -0.25) is 14.4 Å². The molecule has 1 heterocycles. The molecule has 0 aliphatic carbocycles. The number of rotatable bonds is 10. The zero-order valence-corrected chi connectivity index (χ0v) is 23.3. The molecule has 2 atom stereocenters. The van der Waals surface area contributed by atoms with Crippen molar-refractivity contribution in [2.24, 2.45) is 13.0 Å². The van der Waals surface area contributed by atoms with E-state index in [9.17, 15) is 23.9 Å². The van der Waals surface area contributed by atoms with Gasteiger partial charge in [0, 0.05) is 43.2 Å². The van der Waals surface area contributed by atoms with Crippen molar-refractivity contribution in [3.05, 3.63) is 62.3 Å². The van der Waals surface area contributed by atoms with Gasteiger partial charge >= 0.3 is 0 Å². The number of carbonyl (C=O) groups excluding carboxylic acids is 2. The molecule has 0 spiro atoms. The number of aromatic nitrogens is 1. The van der Waals surface area contributed by atoms with Gasteiger partial charge in [0.05, 0.1) is 5.69 Å². The van der Waals surface area contributed by atoms with Crippen molar-refractivity contribution >= 4 is 24.9 Å². The molecule has 36 heavy (non-hydrogen) atoms. The van der Waals surface area contributed by atoms with Crippen molar-refractivity contribution in [1.29, 1.82) is 0 Å². The molecule has 1 aromatic carbocycles. The number of nitrogens with zero attached hydrogens (tertiary/aromatic N) is 2. The Labute approximate surface area is 219 Å². The highest BCUT2D eigenvalue weighted by Gasteiger charge is 2.27. The number of aromatic hydroxyl groups is 1. The van der Waals surface area contributed by atoms with Crippen LogP contribution in [0, 0.1) is 25.6 Å².